The Morgan fingerprint density at radius 1 is 1.38 bits per heavy atom. The molecule has 0 radical (unpaired) electrons. The number of hydrogen-bond acceptors (Lipinski definition) is 5. The van der Waals surface area contributed by atoms with Gasteiger partial charge in [0.25, 0.3) is 0 Å². The van der Waals surface area contributed by atoms with Gasteiger partial charge in [-0.2, -0.15) is 0 Å². The summed E-state index contributed by atoms with van der Waals surface area (Å²) in [5, 5.41) is 11.7. The number of amides is 3. The van der Waals surface area contributed by atoms with Crippen LogP contribution in [0.1, 0.15) is 32.6 Å². The molecule has 3 atom stereocenters. The third-order valence-electron chi connectivity index (χ3n) is 5.55. The second-order valence-electron chi connectivity index (χ2n) is 7.79. The summed E-state index contributed by atoms with van der Waals surface area (Å²) in [4.78, 5) is 51.8. The fourth-order valence-electron chi connectivity index (χ4n) is 3.76. The maximum absolute atomic E-state index is 12.8. The molecule has 4 aliphatic rings. The van der Waals surface area contributed by atoms with E-state index in [0.717, 1.165) is 19.4 Å². The van der Waals surface area contributed by atoms with Gasteiger partial charge in [-0.05, 0) is 38.2 Å². The Morgan fingerprint density at radius 3 is 2.69 bits per heavy atom. The van der Waals surface area contributed by atoms with Gasteiger partial charge in [0.2, 0.25) is 17.7 Å². The zero-order chi connectivity index (χ0) is 20.9. The molecule has 3 heterocycles. The number of thioether (sulfide) groups is 1. The standard InChI is InChI=1S/C19H22BrN3O5S/c1-9(20)16(25)21-17-12(15(19(27)28)23-13(24)7-14(23)29-17)6-11-4-5-22(18(11)26)8-10-2-3-10/h6,9-10,14,17H,2-5,7-8H2,1H3,(H,21,25)(H,27,28)/t9-,14?,17?/m0/s1. The van der Waals surface area contributed by atoms with Crippen molar-refractivity contribution in [3.63, 3.8) is 0 Å². The molecule has 3 amide bonds. The minimum atomic E-state index is -1.23. The zero-order valence-electron chi connectivity index (χ0n) is 15.9. The molecule has 0 aromatic heterocycles. The number of carboxylic acid groups (broad SMARTS) is 1. The number of alkyl halides is 1. The Labute approximate surface area is 180 Å². The molecule has 0 aromatic rings. The van der Waals surface area contributed by atoms with E-state index in [9.17, 15) is 24.3 Å². The van der Waals surface area contributed by atoms with Crippen molar-refractivity contribution in [1.82, 2.24) is 15.1 Å². The second-order valence-corrected chi connectivity index (χ2v) is 10.4. The molecular weight excluding hydrogens is 462 g/mol. The number of aliphatic carboxylic acids is 1. The molecular formula is C19H22BrN3O5S. The van der Waals surface area contributed by atoms with Crippen LogP contribution >= 0.6 is 27.7 Å². The van der Waals surface area contributed by atoms with E-state index in [1.807, 2.05) is 4.90 Å². The Kier molecular flexibility index (Phi) is 5.50. The minimum Gasteiger partial charge on any atom is -0.477 e. The van der Waals surface area contributed by atoms with Crippen molar-refractivity contribution in [3.05, 3.63) is 22.9 Å². The van der Waals surface area contributed by atoms with Crippen LogP contribution in [-0.2, 0) is 19.2 Å². The van der Waals surface area contributed by atoms with Gasteiger partial charge in [0, 0.05) is 24.2 Å². The molecule has 29 heavy (non-hydrogen) atoms. The fraction of sp³-hybridized carbons (Fsp3) is 0.579. The third kappa shape index (κ3) is 3.96. The molecule has 1 aliphatic carbocycles. The third-order valence-corrected chi connectivity index (χ3v) is 7.30. The van der Waals surface area contributed by atoms with Crippen LogP contribution < -0.4 is 5.32 Å². The first-order valence-electron chi connectivity index (χ1n) is 9.65. The van der Waals surface area contributed by atoms with Gasteiger partial charge in [-0.3, -0.25) is 19.3 Å². The molecule has 2 unspecified atom stereocenters. The van der Waals surface area contributed by atoms with E-state index in [2.05, 4.69) is 21.2 Å². The quantitative estimate of drug-likeness (QED) is 0.336. The summed E-state index contributed by atoms with van der Waals surface area (Å²) in [7, 11) is 0. The smallest absolute Gasteiger partial charge is 0.353 e. The van der Waals surface area contributed by atoms with E-state index in [4.69, 9.17) is 0 Å². The second kappa shape index (κ2) is 7.79. The van der Waals surface area contributed by atoms with Gasteiger partial charge in [0.1, 0.15) is 11.1 Å². The Morgan fingerprint density at radius 2 is 2.10 bits per heavy atom. The topological polar surface area (TPSA) is 107 Å². The Balaban J connectivity index is 1.68. The number of likely N-dealkylation sites (tertiary alicyclic amines) is 1. The Hall–Kier alpha value is -1.81. The van der Waals surface area contributed by atoms with Crippen LogP contribution in [-0.4, -0.2) is 67.3 Å². The first kappa shape index (κ1) is 20.5. The predicted octanol–water partition coefficient (Wildman–Crippen LogP) is 1.42. The lowest BCUT2D eigenvalue weighted by Gasteiger charge is -2.46. The molecule has 3 aliphatic heterocycles. The van der Waals surface area contributed by atoms with Crippen molar-refractivity contribution in [3.8, 4) is 0 Å². The highest BCUT2D eigenvalue weighted by Crippen LogP contribution is 2.44. The summed E-state index contributed by atoms with van der Waals surface area (Å²) in [6.45, 7) is 3.03. The highest BCUT2D eigenvalue weighted by atomic mass is 79.9. The molecule has 0 spiro atoms. The minimum absolute atomic E-state index is 0.0878. The molecule has 156 valence electrons. The van der Waals surface area contributed by atoms with Crippen molar-refractivity contribution in [2.24, 2.45) is 5.92 Å². The van der Waals surface area contributed by atoms with Gasteiger partial charge in [-0.1, -0.05) is 15.9 Å². The number of fused-ring (bicyclic) bond motifs is 1. The van der Waals surface area contributed by atoms with E-state index in [1.54, 1.807) is 13.0 Å². The molecule has 2 saturated heterocycles. The largest absolute Gasteiger partial charge is 0.477 e. The first-order chi connectivity index (χ1) is 13.8. The van der Waals surface area contributed by atoms with Gasteiger partial charge in [-0.25, -0.2) is 4.79 Å². The lowest BCUT2D eigenvalue weighted by atomic mass is 10.0. The van der Waals surface area contributed by atoms with Crippen molar-refractivity contribution in [2.75, 3.05) is 13.1 Å². The van der Waals surface area contributed by atoms with E-state index in [0.29, 0.717) is 30.0 Å². The maximum Gasteiger partial charge on any atom is 0.353 e. The lowest BCUT2D eigenvalue weighted by molar-refractivity contribution is -0.146. The van der Waals surface area contributed by atoms with E-state index < -0.39 is 16.2 Å². The fourth-order valence-corrected chi connectivity index (χ4v) is 5.30. The van der Waals surface area contributed by atoms with Gasteiger partial charge in [-0.15, -0.1) is 11.8 Å². The Bertz CT molecular complexity index is 851. The van der Waals surface area contributed by atoms with Crippen molar-refractivity contribution < 1.29 is 24.3 Å². The summed E-state index contributed by atoms with van der Waals surface area (Å²) in [5.74, 6) is -1.29. The molecule has 3 fully saturated rings. The van der Waals surface area contributed by atoms with Crippen LogP contribution in [0.3, 0.4) is 0 Å². The molecule has 4 rings (SSSR count). The average molecular weight is 484 g/mol. The van der Waals surface area contributed by atoms with Crippen LogP contribution in [0.25, 0.3) is 0 Å². The van der Waals surface area contributed by atoms with Gasteiger partial charge < -0.3 is 15.3 Å². The number of nitrogens with zero attached hydrogens (tertiary/aromatic N) is 2. The summed E-state index contributed by atoms with van der Waals surface area (Å²) >= 11 is 4.55. The van der Waals surface area contributed by atoms with Crippen molar-refractivity contribution in [2.45, 2.75) is 48.2 Å². The van der Waals surface area contributed by atoms with E-state index in [-0.39, 0.29) is 35.2 Å². The summed E-state index contributed by atoms with van der Waals surface area (Å²) in [6, 6.07) is 0. The molecule has 0 aromatic carbocycles. The number of rotatable bonds is 6. The summed E-state index contributed by atoms with van der Waals surface area (Å²) < 4.78 is 0. The normalized spacial score (nSPS) is 29.1. The van der Waals surface area contributed by atoms with Crippen LogP contribution in [0.4, 0.5) is 0 Å². The lowest BCUT2D eigenvalue weighted by Crippen LogP contribution is -2.57. The molecule has 1 saturated carbocycles. The van der Waals surface area contributed by atoms with Crippen LogP contribution in [0.5, 0.6) is 0 Å². The van der Waals surface area contributed by atoms with E-state index >= 15 is 0 Å². The average Bonchev–Trinajstić information content (AvgIpc) is 3.41. The van der Waals surface area contributed by atoms with Crippen LogP contribution in [0, 0.1) is 5.92 Å². The van der Waals surface area contributed by atoms with Gasteiger partial charge in [0.15, 0.2) is 0 Å². The predicted molar refractivity (Wildman–Crippen MR) is 110 cm³/mol. The number of carboxylic acids is 1. The zero-order valence-corrected chi connectivity index (χ0v) is 18.3. The van der Waals surface area contributed by atoms with E-state index in [1.165, 1.54) is 16.7 Å². The van der Waals surface area contributed by atoms with Gasteiger partial charge in [0.05, 0.1) is 16.6 Å². The van der Waals surface area contributed by atoms with Crippen molar-refractivity contribution in [1.29, 1.82) is 0 Å². The first-order valence-corrected chi connectivity index (χ1v) is 11.5. The number of nitrogens with one attached hydrogen (secondary N) is 1. The number of hydrogen-bond donors (Lipinski definition) is 2. The number of halogens is 1. The van der Waals surface area contributed by atoms with Crippen molar-refractivity contribution >= 4 is 51.4 Å². The molecule has 10 heteroatoms. The number of carbonyl (C=O) groups is 4. The molecule has 0 bridgehead atoms. The number of β-lactam (4-membered cyclic amide) rings is 1. The molecule has 2 N–H and O–H groups in total. The van der Waals surface area contributed by atoms with Crippen LogP contribution in [0.15, 0.2) is 22.9 Å². The summed E-state index contributed by atoms with van der Waals surface area (Å²) in [5.41, 5.74) is 0.681. The maximum atomic E-state index is 12.8. The SMILES string of the molecule is C[C@H](Br)C(=O)NC1SC2CC(=O)N2C(C(=O)O)=C1C=C1CCN(CC2CC2)C1=O. The molecule has 8 nitrogen and oxygen atoms in total. The highest BCUT2D eigenvalue weighted by Gasteiger charge is 2.49. The number of carbonyl (C=O) groups excluding carboxylic acids is 3. The monoisotopic (exact) mass is 483 g/mol. The highest BCUT2D eigenvalue weighted by molar-refractivity contribution is 9.10. The summed E-state index contributed by atoms with van der Waals surface area (Å²) in [6.07, 6.45) is 4.63. The van der Waals surface area contributed by atoms with Crippen LogP contribution in [0.2, 0.25) is 0 Å². The van der Waals surface area contributed by atoms with Gasteiger partial charge >= 0.3 is 5.97 Å².